The summed E-state index contributed by atoms with van der Waals surface area (Å²) in [6.07, 6.45) is 7.66. The number of aromatic nitrogens is 9. The van der Waals surface area contributed by atoms with Crippen LogP contribution in [0.5, 0.6) is 46.0 Å². The molecule has 1 aliphatic rings. The third-order valence-electron chi connectivity index (χ3n) is 15.7. The van der Waals surface area contributed by atoms with Crippen LogP contribution in [0.2, 0.25) is 0 Å². The molecular formula is C65H89BN9O19S3W-. The summed E-state index contributed by atoms with van der Waals surface area (Å²) in [4.78, 5) is 57.3. The Morgan fingerprint density at radius 3 is 1.27 bits per heavy atom. The van der Waals surface area contributed by atoms with Crippen LogP contribution in [0.4, 0.5) is 0 Å². The number of rotatable bonds is 23. The smallest absolute Gasteiger partial charge is 0.496 e. The van der Waals surface area contributed by atoms with Crippen LogP contribution in [-0.4, -0.2) is 176 Å². The summed E-state index contributed by atoms with van der Waals surface area (Å²) < 4.78 is 129. The number of fused-ring (bicyclic) bond motifs is 3. The standard InChI is InChI=1S/C24H32BN3O7S.C20H25N3O6S.C18H21N3O6S.2CH4.CH3.W/c1-8-33-20-11-15(9-10-19(20)32-6)18(14-36(7,30)31)28-21-17(27-22(28)29)12-16(13-26-21)25-34-23(2,3)24(4,5)35-25;1-6-29-18-9-13(7-8-17(18)28-4)16(12-30(5,25)26)23-19-15(22(2)20(23)24)10-14(27-3)11-21-19;1-4-27-16-7-11(5-6-15(16)26-2)14(10-28(3,24)25)21-17-13(20-18(21)23)8-12(22)9-19-17;;;;/h9-13,18H,8,14H2,1-7H3,(H,27,29);7-11,16H,6,12H2,1-5H3;5-9,14,22H,4,10H2,1-3H3,(H,20,23);2*1H4;1H3;/q;;;;;-1;/t18-;16-;14-;;;;/m111..../s1. The number of benzene rings is 3. The minimum Gasteiger partial charge on any atom is -0.506 e. The Kier molecular flexibility index (Phi) is 27.8. The molecule has 3 aromatic carbocycles. The molecule has 3 atom stereocenters. The Bertz CT molecular complexity index is 4780. The van der Waals surface area contributed by atoms with Gasteiger partial charge in [-0.25, -0.2) is 54.6 Å². The zero-order valence-electron chi connectivity index (χ0n) is 56.3. The molecule has 1 fully saturated rings. The Morgan fingerprint density at radius 1 is 0.531 bits per heavy atom. The summed E-state index contributed by atoms with van der Waals surface area (Å²) in [6, 6.07) is 17.5. The van der Waals surface area contributed by atoms with E-state index in [1.54, 1.807) is 80.0 Å². The van der Waals surface area contributed by atoms with Crippen molar-refractivity contribution >= 4 is 75.6 Å². The van der Waals surface area contributed by atoms with Gasteiger partial charge in [0.25, 0.3) is 0 Å². The zero-order valence-corrected chi connectivity index (χ0v) is 61.7. The van der Waals surface area contributed by atoms with Gasteiger partial charge in [0.2, 0.25) is 0 Å². The summed E-state index contributed by atoms with van der Waals surface area (Å²) in [6.45, 7) is 14.5. The first kappa shape index (κ1) is 82.3. The SMILES string of the molecule is C.C.CCOc1cc([C@@H](CS(C)(=O)=O)n2c(=O)[nH]c3cc(B4OC(C)(C)C(C)(C)O4)cnc32)ccc1OC.CCOc1cc([C@@H](CS(C)(=O)=O)n2c(=O)[nH]c3cc(O)cnc32)ccc1OC.CCOc1cc([C@@H](CS(C)(=O)=O)n2c(=O)n(C)c3cc(OC)cnc32)ccc1OC.[CH3-].[W]. The molecule has 1 aliphatic heterocycles. The number of hydrogen-bond donors (Lipinski definition) is 3. The van der Waals surface area contributed by atoms with E-state index in [1.807, 2.05) is 48.5 Å². The van der Waals surface area contributed by atoms with Crippen LogP contribution in [0, 0.1) is 7.43 Å². The van der Waals surface area contributed by atoms with Crippen LogP contribution in [0.15, 0.2) is 106 Å². The van der Waals surface area contributed by atoms with Crippen LogP contribution < -0.4 is 55.7 Å². The average molecular weight is 1590 g/mol. The number of sulfone groups is 3. The maximum absolute atomic E-state index is 13.2. The largest absolute Gasteiger partial charge is 0.506 e. The molecule has 0 saturated carbocycles. The topological polar surface area (TPSA) is 347 Å². The van der Waals surface area contributed by atoms with E-state index < -0.39 is 77.3 Å². The van der Waals surface area contributed by atoms with Gasteiger partial charge in [-0.15, -0.1) is 0 Å². The summed E-state index contributed by atoms with van der Waals surface area (Å²) in [5, 5.41) is 9.61. The van der Waals surface area contributed by atoms with Gasteiger partial charge in [-0.1, -0.05) is 33.1 Å². The van der Waals surface area contributed by atoms with Crippen molar-refractivity contribution in [3.8, 4) is 46.0 Å². The number of nitrogens with zero attached hydrogens (tertiary/aromatic N) is 7. The number of aromatic hydroxyl groups is 1. The third kappa shape index (κ3) is 18.6. The third-order valence-corrected chi connectivity index (χ3v) is 18.5. The van der Waals surface area contributed by atoms with Crippen molar-refractivity contribution < 1.29 is 93.9 Å². The molecule has 33 heteroatoms. The number of aromatic amines is 2. The van der Waals surface area contributed by atoms with Gasteiger partial charge < -0.3 is 65.0 Å². The molecule has 3 N–H and O–H groups in total. The van der Waals surface area contributed by atoms with Crippen molar-refractivity contribution in [2.45, 2.75) is 92.6 Å². The van der Waals surface area contributed by atoms with Crippen LogP contribution in [-0.2, 0) is 66.9 Å². The van der Waals surface area contributed by atoms with E-state index in [2.05, 4.69) is 24.9 Å². The van der Waals surface area contributed by atoms with E-state index in [0.717, 1.165) is 18.8 Å². The quantitative estimate of drug-likeness (QED) is 0.0427. The predicted octanol–water partition coefficient (Wildman–Crippen LogP) is 7.04. The van der Waals surface area contributed by atoms with Gasteiger partial charge in [0.15, 0.2) is 51.4 Å². The normalized spacial score (nSPS) is 14.1. The fourth-order valence-electron chi connectivity index (χ4n) is 10.7. The summed E-state index contributed by atoms with van der Waals surface area (Å²) in [5.74, 6) is 2.39. The molecule has 0 radical (unpaired) electrons. The molecule has 0 spiro atoms. The number of H-pyrrole nitrogens is 2. The van der Waals surface area contributed by atoms with E-state index in [0.29, 0.717) is 110 Å². The summed E-state index contributed by atoms with van der Waals surface area (Å²) in [5.41, 5.74) is 2.14. The van der Waals surface area contributed by atoms with E-state index in [4.69, 9.17) is 42.5 Å². The van der Waals surface area contributed by atoms with E-state index >= 15 is 0 Å². The number of nitrogens with one attached hydrogen (secondary N) is 2. The maximum atomic E-state index is 13.2. The number of imidazole rings is 3. The van der Waals surface area contributed by atoms with Gasteiger partial charge in [-0.05, 0) is 108 Å². The zero-order chi connectivity index (χ0) is 69.0. The molecule has 0 amide bonds. The number of pyridine rings is 3. The van der Waals surface area contributed by atoms with E-state index in [9.17, 15) is 44.7 Å². The summed E-state index contributed by atoms with van der Waals surface area (Å²) in [7, 11) is -3.36. The van der Waals surface area contributed by atoms with Crippen LogP contribution >= 0.6 is 0 Å². The maximum Gasteiger partial charge on any atom is 0.496 e. The molecule has 0 bridgehead atoms. The molecule has 10 rings (SSSR count). The first-order chi connectivity index (χ1) is 44.2. The van der Waals surface area contributed by atoms with Crippen molar-refractivity contribution in [1.29, 1.82) is 0 Å². The Morgan fingerprint density at radius 2 is 0.898 bits per heavy atom. The van der Waals surface area contributed by atoms with Gasteiger partial charge in [-0.3, -0.25) is 18.3 Å². The Balaban J connectivity index is 0.000000309. The number of hydrogen-bond acceptors (Lipinski definition) is 22. The molecule has 7 heterocycles. The molecule has 6 aromatic heterocycles. The van der Waals surface area contributed by atoms with E-state index in [-0.39, 0.29) is 77.7 Å². The first-order valence-corrected chi connectivity index (χ1v) is 35.7. The minimum absolute atomic E-state index is 0. The molecule has 28 nitrogen and oxygen atoms in total. The van der Waals surface area contributed by atoms with Crippen molar-refractivity contribution in [2.75, 3.05) is 84.3 Å². The number of aryl methyl sites for hydroxylation is 1. The van der Waals surface area contributed by atoms with Crippen LogP contribution in [0.3, 0.4) is 0 Å². The molecular weight excluding hydrogens is 1500 g/mol. The molecule has 1 saturated heterocycles. The Hall–Kier alpha value is -8.16. The molecule has 9 aromatic rings. The van der Waals surface area contributed by atoms with Gasteiger partial charge in [0.1, 0.15) is 41.0 Å². The summed E-state index contributed by atoms with van der Waals surface area (Å²) >= 11 is 0. The van der Waals surface area contributed by atoms with Crippen molar-refractivity contribution in [1.82, 2.24) is 43.2 Å². The predicted molar refractivity (Wildman–Crippen MR) is 376 cm³/mol. The molecule has 0 aliphatic carbocycles. The van der Waals surface area contributed by atoms with Gasteiger partial charge in [0.05, 0.1) is 124 Å². The molecule has 98 heavy (non-hydrogen) atoms. The fraction of sp³-hybridized carbons (Fsp3) is 0.431. The molecule has 536 valence electrons. The second kappa shape index (κ2) is 33.1. The van der Waals surface area contributed by atoms with Crippen molar-refractivity contribution in [3.05, 3.63) is 147 Å². The van der Waals surface area contributed by atoms with Gasteiger partial charge >= 0.3 is 24.2 Å². The monoisotopic (exact) mass is 1590 g/mol. The van der Waals surface area contributed by atoms with Gasteiger partial charge in [-0.2, -0.15) is 0 Å². The fourth-order valence-corrected chi connectivity index (χ4v) is 13.4. The van der Waals surface area contributed by atoms with Gasteiger partial charge in [0, 0.05) is 70.7 Å². The van der Waals surface area contributed by atoms with Crippen LogP contribution in [0.1, 0.15) is 98.1 Å². The average Bonchev–Trinajstić information content (AvgIpc) is 1.60. The second-order valence-electron chi connectivity index (χ2n) is 23.2. The molecule has 0 unspecified atom stereocenters. The van der Waals surface area contributed by atoms with E-state index in [1.165, 1.54) is 65.2 Å². The second-order valence-corrected chi connectivity index (χ2v) is 29.7. The number of ether oxygens (including phenoxy) is 7. The van der Waals surface area contributed by atoms with Crippen molar-refractivity contribution in [2.24, 2.45) is 7.05 Å². The number of methoxy groups -OCH3 is 4. The first-order valence-electron chi connectivity index (χ1n) is 29.5. The van der Waals surface area contributed by atoms with Crippen LogP contribution in [0.25, 0.3) is 33.5 Å². The van der Waals surface area contributed by atoms with Crippen molar-refractivity contribution in [3.63, 3.8) is 0 Å². The minimum atomic E-state index is -3.48. The Labute approximate surface area is 586 Å².